The van der Waals surface area contributed by atoms with Crippen LogP contribution in [0, 0.1) is 6.92 Å². The minimum absolute atomic E-state index is 0.104. The van der Waals surface area contributed by atoms with E-state index in [1.807, 2.05) is 0 Å². The van der Waals surface area contributed by atoms with Gasteiger partial charge in [0.25, 0.3) is 0 Å². The molecule has 10 nitrogen and oxygen atoms in total. The number of amides is 2. The molecular weight excluding hydrogens is 384 g/mol. The highest BCUT2D eigenvalue weighted by Gasteiger charge is 2.11. The molecule has 0 atom stereocenters. The molecule has 156 valence electrons. The molecular formula is C19H22N2O8. The van der Waals surface area contributed by atoms with E-state index in [9.17, 15) is 19.2 Å². The van der Waals surface area contributed by atoms with Crippen molar-refractivity contribution in [2.24, 2.45) is 0 Å². The minimum atomic E-state index is -0.758. The lowest BCUT2D eigenvalue weighted by Gasteiger charge is -2.13. The van der Waals surface area contributed by atoms with E-state index in [-0.39, 0.29) is 26.4 Å². The van der Waals surface area contributed by atoms with Crippen molar-refractivity contribution < 1.29 is 38.1 Å². The van der Waals surface area contributed by atoms with Crippen molar-refractivity contribution in [3.63, 3.8) is 0 Å². The molecule has 1 aromatic rings. The quantitative estimate of drug-likeness (QED) is 0.262. The van der Waals surface area contributed by atoms with E-state index in [4.69, 9.17) is 9.47 Å². The van der Waals surface area contributed by atoms with E-state index in [0.717, 1.165) is 12.2 Å². The zero-order valence-electron chi connectivity index (χ0n) is 15.9. The van der Waals surface area contributed by atoms with Gasteiger partial charge < -0.3 is 18.9 Å². The average Bonchev–Trinajstić information content (AvgIpc) is 2.71. The summed E-state index contributed by atoms with van der Waals surface area (Å²) in [6.07, 6.45) is 0.486. The third-order valence-corrected chi connectivity index (χ3v) is 3.26. The Hall–Kier alpha value is -3.82. The normalized spacial score (nSPS) is 9.55. The fourth-order valence-corrected chi connectivity index (χ4v) is 1.87. The van der Waals surface area contributed by atoms with Crippen molar-refractivity contribution in [1.82, 2.24) is 0 Å². The molecule has 10 heteroatoms. The predicted molar refractivity (Wildman–Crippen MR) is 103 cm³/mol. The molecule has 1 aromatic carbocycles. The number of rotatable bonds is 10. The molecule has 0 spiro atoms. The molecule has 0 aliphatic heterocycles. The molecule has 2 N–H and O–H groups in total. The Balaban J connectivity index is 2.48. The molecule has 0 radical (unpaired) electrons. The second-order valence-electron chi connectivity index (χ2n) is 5.24. The van der Waals surface area contributed by atoms with Gasteiger partial charge in [0, 0.05) is 23.5 Å². The number of carbonyl (C=O) groups excluding carboxylic acids is 4. The fraction of sp³-hybridized carbons (Fsp3) is 0.263. The molecule has 0 aliphatic rings. The lowest BCUT2D eigenvalue weighted by atomic mass is 10.1. The maximum Gasteiger partial charge on any atom is 0.411 e. The maximum absolute atomic E-state index is 11.8. The molecule has 0 fully saturated rings. The minimum Gasteiger partial charge on any atom is -0.459 e. The monoisotopic (exact) mass is 406 g/mol. The topological polar surface area (TPSA) is 129 Å². The smallest absolute Gasteiger partial charge is 0.411 e. The van der Waals surface area contributed by atoms with Crippen molar-refractivity contribution in [2.75, 3.05) is 37.1 Å². The zero-order chi connectivity index (χ0) is 21.6. The summed E-state index contributed by atoms with van der Waals surface area (Å²) in [4.78, 5) is 45.4. The largest absolute Gasteiger partial charge is 0.459 e. The van der Waals surface area contributed by atoms with Gasteiger partial charge in [-0.05, 0) is 24.6 Å². The summed E-state index contributed by atoms with van der Waals surface area (Å²) >= 11 is 0. The SMILES string of the molecule is C=CC(=O)OCCOC(=O)Nc1cccc(NC(=O)OCCOC(=O)C=C)c1C. The number of ether oxygens (including phenoxy) is 4. The molecule has 0 heterocycles. The Kier molecular flexibility index (Phi) is 10.0. The van der Waals surface area contributed by atoms with Crippen LogP contribution in [0.1, 0.15) is 5.56 Å². The van der Waals surface area contributed by atoms with Gasteiger partial charge in [-0.3, -0.25) is 10.6 Å². The highest BCUT2D eigenvalue weighted by Crippen LogP contribution is 2.23. The van der Waals surface area contributed by atoms with Gasteiger partial charge in [0.1, 0.15) is 26.4 Å². The number of nitrogens with one attached hydrogen (secondary N) is 2. The molecule has 0 saturated heterocycles. The molecule has 2 amide bonds. The second-order valence-corrected chi connectivity index (χ2v) is 5.24. The summed E-state index contributed by atoms with van der Waals surface area (Å²) < 4.78 is 19.1. The third kappa shape index (κ3) is 9.09. The van der Waals surface area contributed by atoms with Crippen molar-refractivity contribution >= 4 is 35.5 Å². The highest BCUT2D eigenvalue weighted by atomic mass is 16.6. The zero-order valence-corrected chi connectivity index (χ0v) is 15.9. The van der Waals surface area contributed by atoms with Gasteiger partial charge in [-0.25, -0.2) is 19.2 Å². The van der Waals surface area contributed by atoms with Gasteiger partial charge in [0.05, 0.1) is 0 Å². The van der Waals surface area contributed by atoms with E-state index in [1.54, 1.807) is 25.1 Å². The first-order valence-corrected chi connectivity index (χ1v) is 8.43. The van der Waals surface area contributed by atoms with Gasteiger partial charge in [0.2, 0.25) is 0 Å². The molecule has 1 rings (SSSR count). The summed E-state index contributed by atoms with van der Waals surface area (Å²) in [6, 6.07) is 4.83. The first kappa shape index (κ1) is 23.2. The van der Waals surface area contributed by atoms with Crippen LogP contribution in [-0.2, 0) is 28.5 Å². The molecule has 0 aromatic heterocycles. The number of hydrogen-bond donors (Lipinski definition) is 2. The van der Waals surface area contributed by atoms with Gasteiger partial charge in [-0.2, -0.15) is 0 Å². The fourth-order valence-electron chi connectivity index (χ4n) is 1.87. The van der Waals surface area contributed by atoms with Gasteiger partial charge in [-0.15, -0.1) is 0 Å². The Morgan fingerprint density at radius 1 is 0.793 bits per heavy atom. The van der Waals surface area contributed by atoms with Crippen LogP contribution in [-0.4, -0.2) is 50.6 Å². The van der Waals surface area contributed by atoms with E-state index in [0.29, 0.717) is 16.9 Å². The van der Waals surface area contributed by atoms with E-state index in [1.165, 1.54) is 0 Å². The second kappa shape index (κ2) is 12.5. The van der Waals surface area contributed by atoms with Crippen molar-refractivity contribution in [3.05, 3.63) is 49.1 Å². The summed E-state index contributed by atoms with van der Waals surface area (Å²) in [5, 5.41) is 5.03. The van der Waals surface area contributed by atoms with Crippen LogP contribution in [0.15, 0.2) is 43.5 Å². The van der Waals surface area contributed by atoms with Gasteiger partial charge in [-0.1, -0.05) is 19.2 Å². The molecule has 0 saturated carbocycles. The maximum atomic E-state index is 11.8. The van der Waals surface area contributed by atoms with Crippen LogP contribution >= 0.6 is 0 Å². The van der Waals surface area contributed by atoms with E-state index >= 15 is 0 Å². The van der Waals surface area contributed by atoms with Crippen molar-refractivity contribution in [3.8, 4) is 0 Å². The van der Waals surface area contributed by atoms with E-state index in [2.05, 4.69) is 33.3 Å². The van der Waals surface area contributed by atoms with Crippen LogP contribution in [0.4, 0.5) is 21.0 Å². The molecule has 29 heavy (non-hydrogen) atoms. The Bertz CT molecular complexity index is 715. The Morgan fingerprint density at radius 2 is 1.17 bits per heavy atom. The molecule has 0 unspecified atom stereocenters. The number of benzene rings is 1. The summed E-state index contributed by atoms with van der Waals surface area (Å²) in [7, 11) is 0. The lowest BCUT2D eigenvalue weighted by molar-refractivity contribution is -0.139. The lowest BCUT2D eigenvalue weighted by Crippen LogP contribution is -2.20. The molecule has 0 bridgehead atoms. The van der Waals surface area contributed by atoms with Crippen LogP contribution < -0.4 is 10.6 Å². The Labute approximate surface area is 167 Å². The van der Waals surface area contributed by atoms with Crippen molar-refractivity contribution in [2.45, 2.75) is 6.92 Å². The van der Waals surface area contributed by atoms with Crippen LogP contribution in [0.2, 0.25) is 0 Å². The molecule has 0 aliphatic carbocycles. The number of carbonyl (C=O) groups is 4. The van der Waals surface area contributed by atoms with Gasteiger partial charge >= 0.3 is 24.1 Å². The third-order valence-electron chi connectivity index (χ3n) is 3.26. The summed E-state index contributed by atoms with van der Waals surface area (Å²) in [6.45, 7) is 7.68. The number of hydrogen-bond acceptors (Lipinski definition) is 8. The van der Waals surface area contributed by atoms with Crippen molar-refractivity contribution in [1.29, 1.82) is 0 Å². The first-order valence-electron chi connectivity index (χ1n) is 8.43. The summed E-state index contributed by atoms with van der Waals surface area (Å²) in [5.74, 6) is -1.23. The number of anilines is 2. The first-order chi connectivity index (χ1) is 13.9. The number of esters is 2. The standard InChI is InChI=1S/C19H22N2O8/c1-4-16(22)26-9-11-28-18(24)20-14-7-6-8-15(13(14)3)21-19(25)29-12-10-27-17(23)5-2/h4-8H,1-2,9-12H2,3H3,(H,20,24)(H,21,25). The van der Waals surface area contributed by atoms with Gasteiger partial charge in [0.15, 0.2) is 0 Å². The van der Waals surface area contributed by atoms with Crippen LogP contribution in [0.3, 0.4) is 0 Å². The Morgan fingerprint density at radius 3 is 1.55 bits per heavy atom. The predicted octanol–water partition coefficient (Wildman–Crippen LogP) is 2.55. The highest BCUT2D eigenvalue weighted by molar-refractivity contribution is 5.91. The average molecular weight is 406 g/mol. The van der Waals surface area contributed by atoms with E-state index < -0.39 is 24.1 Å². The summed E-state index contributed by atoms with van der Waals surface area (Å²) in [5.41, 5.74) is 1.35. The van der Waals surface area contributed by atoms with Crippen LogP contribution in [0.5, 0.6) is 0 Å². The van der Waals surface area contributed by atoms with Crippen LogP contribution in [0.25, 0.3) is 0 Å².